The lowest BCUT2D eigenvalue weighted by atomic mass is 10.1. The first kappa shape index (κ1) is 71.5. The van der Waals surface area contributed by atoms with Crippen LogP contribution in [0.25, 0.3) is 0 Å². The van der Waals surface area contributed by atoms with Gasteiger partial charge in [-0.25, -0.2) is 0 Å². The molecule has 0 saturated heterocycles. The number of hydrogen-bond donors (Lipinski definition) is 0. The summed E-state index contributed by atoms with van der Waals surface area (Å²) in [5, 5.41) is 0. The van der Waals surface area contributed by atoms with E-state index < -0.39 is 12.1 Å². The highest BCUT2D eigenvalue weighted by atomic mass is 16.6. The Hall–Kier alpha value is -5.49. The maximum atomic E-state index is 12.9. The summed E-state index contributed by atoms with van der Waals surface area (Å²) < 4.78 is 16.8. The van der Waals surface area contributed by atoms with Crippen molar-refractivity contribution in [1.82, 2.24) is 0 Å². The maximum Gasteiger partial charge on any atom is 0.306 e. The first-order valence-corrected chi connectivity index (χ1v) is 30.3. The molecule has 6 nitrogen and oxygen atoms in total. The van der Waals surface area contributed by atoms with Crippen molar-refractivity contribution in [2.75, 3.05) is 13.2 Å². The summed E-state index contributed by atoms with van der Waals surface area (Å²) in [4.78, 5) is 38.2. The third kappa shape index (κ3) is 61.2. The Kier molecular flexibility index (Phi) is 58.6. The van der Waals surface area contributed by atoms with Crippen LogP contribution in [0, 0.1) is 0 Å². The predicted octanol–water partition coefficient (Wildman–Crippen LogP) is 20.9. The highest BCUT2D eigenvalue weighted by molar-refractivity contribution is 5.71. The molecule has 0 aromatic rings. The van der Waals surface area contributed by atoms with Gasteiger partial charge in [0.15, 0.2) is 6.10 Å². The van der Waals surface area contributed by atoms with Gasteiger partial charge in [0.05, 0.1) is 0 Å². The molecule has 0 aliphatic carbocycles. The number of rotatable bonds is 52. The van der Waals surface area contributed by atoms with Gasteiger partial charge in [0.1, 0.15) is 13.2 Å². The second kappa shape index (κ2) is 63.0. The van der Waals surface area contributed by atoms with Crippen LogP contribution in [-0.2, 0) is 28.6 Å². The third-order valence-electron chi connectivity index (χ3n) is 11.9. The zero-order valence-electron chi connectivity index (χ0n) is 48.9. The average Bonchev–Trinajstić information content (AvgIpc) is 3.43. The Morgan fingerprint density at radius 2 is 0.481 bits per heavy atom. The van der Waals surface area contributed by atoms with E-state index in [0.717, 1.165) is 135 Å². The van der Waals surface area contributed by atoms with E-state index in [4.69, 9.17) is 14.2 Å². The van der Waals surface area contributed by atoms with Crippen molar-refractivity contribution in [1.29, 1.82) is 0 Å². The molecular weight excluding hydrogens is 949 g/mol. The normalized spacial score (nSPS) is 13.4. The van der Waals surface area contributed by atoms with Crippen LogP contribution in [0.15, 0.2) is 182 Å². The third-order valence-corrected chi connectivity index (χ3v) is 11.9. The lowest BCUT2D eigenvalue weighted by molar-refractivity contribution is -0.167. The minimum atomic E-state index is -0.845. The summed E-state index contributed by atoms with van der Waals surface area (Å²) in [6, 6.07) is 0. The fourth-order valence-corrected chi connectivity index (χ4v) is 7.48. The average molecular weight is 1060 g/mol. The summed E-state index contributed by atoms with van der Waals surface area (Å²) >= 11 is 0. The second-order valence-corrected chi connectivity index (χ2v) is 19.1. The smallest absolute Gasteiger partial charge is 0.306 e. The van der Waals surface area contributed by atoms with E-state index >= 15 is 0 Å². The molecule has 6 heteroatoms. The minimum absolute atomic E-state index is 0.131. The molecule has 0 N–H and O–H groups in total. The Morgan fingerprint density at radius 3 is 0.779 bits per heavy atom. The molecular formula is C71H108O6. The number of carbonyl (C=O) groups is 3. The number of ether oxygens (including phenoxy) is 3. The van der Waals surface area contributed by atoms with E-state index in [2.05, 4.69) is 203 Å². The summed E-state index contributed by atoms with van der Waals surface area (Å²) in [7, 11) is 0. The summed E-state index contributed by atoms with van der Waals surface area (Å²) in [5.41, 5.74) is 0. The monoisotopic (exact) mass is 1060 g/mol. The van der Waals surface area contributed by atoms with Crippen LogP contribution >= 0.6 is 0 Å². The molecule has 0 aromatic heterocycles. The SMILES string of the molecule is CC/C=C\C/C=C\C/C=C\C/C=C\C/C=C\CCCCCCCCCCCC(=O)OCC(COC(=O)CCC/C=C\C/C=C\C/C=C\C/C=C\C/C=C\CC)OC(=O)CCC/C=C\C/C=C\C/C=C\C/C=C\C/C=C\CC. The molecule has 77 heavy (non-hydrogen) atoms. The van der Waals surface area contributed by atoms with Crippen LogP contribution in [0.4, 0.5) is 0 Å². The van der Waals surface area contributed by atoms with Crippen LogP contribution in [0.1, 0.15) is 226 Å². The standard InChI is InChI=1S/C71H108O6/c1-4-7-10-13-16-19-22-25-28-31-32-33-34-35-36-37-38-41-43-46-49-52-55-58-61-64-70(73)76-67-68(77-71(74)65-62-59-56-53-50-47-44-40-30-27-24-21-18-15-12-9-6-3)66-75-69(72)63-60-57-54-51-48-45-42-39-29-26-23-20-17-14-11-8-5-2/h7-12,16-21,25-30,32-33,35-36,42,44-45,47,51,53-54,56,68H,4-6,13-15,22-24,31,34,37-41,43,46,48-50,52,55,57-67H2,1-3H3/b10-7-,11-8-,12-9-,19-16-,20-17-,21-18-,28-25-,29-26-,30-27-,33-32-,36-35-,45-42-,47-44-,54-51-,56-53-. The van der Waals surface area contributed by atoms with Crippen molar-refractivity contribution in [2.24, 2.45) is 0 Å². The first-order valence-electron chi connectivity index (χ1n) is 30.3. The number of esters is 3. The van der Waals surface area contributed by atoms with Gasteiger partial charge in [0.25, 0.3) is 0 Å². The second-order valence-electron chi connectivity index (χ2n) is 19.1. The van der Waals surface area contributed by atoms with E-state index in [1.807, 2.05) is 0 Å². The zero-order chi connectivity index (χ0) is 55.7. The van der Waals surface area contributed by atoms with E-state index in [1.54, 1.807) is 0 Å². The van der Waals surface area contributed by atoms with Crippen LogP contribution in [0.3, 0.4) is 0 Å². The van der Waals surface area contributed by atoms with Crippen LogP contribution in [0.5, 0.6) is 0 Å². The Balaban J connectivity index is 4.54. The molecule has 1 unspecified atom stereocenters. The zero-order valence-corrected chi connectivity index (χ0v) is 48.9. The highest BCUT2D eigenvalue weighted by Gasteiger charge is 2.19. The Labute approximate surface area is 472 Å². The fourth-order valence-electron chi connectivity index (χ4n) is 7.48. The molecule has 0 heterocycles. The van der Waals surface area contributed by atoms with Crippen molar-refractivity contribution in [2.45, 2.75) is 232 Å². The Bertz CT molecular complexity index is 1840. The Morgan fingerprint density at radius 1 is 0.260 bits per heavy atom. The number of carbonyl (C=O) groups excluding carboxylic acids is 3. The molecule has 0 aliphatic heterocycles. The summed E-state index contributed by atoms with van der Waals surface area (Å²) in [6.07, 6.45) is 94.7. The maximum absolute atomic E-state index is 12.9. The quantitative estimate of drug-likeness (QED) is 0.0261. The van der Waals surface area contributed by atoms with Gasteiger partial charge in [-0.3, -0.25) is 14.4 Å². The number of allylic oxidation sites excluding steroid dienone is 30. The van der Waals surface area contributed by atoms with Crippen molar-refractivity contribution >= 4 is 17.9 Å². The van der Waals surface area contributed by atoms with Gasteiger partial charge in [0, 0.05) is 19.3 Å². The predicted molar refractivity (Wildman–Crippen MR) is 334 cm³/mol. The van der Waals surface area contributed by atoms with Gasteiger partial charge in [-0.05, 0) is 141 Å². The minimum Gasteiger partial charge on any atom is -0.462 e. The van der Waals surface area contributed by atoms with Crippen molar-refractivity contribution in [3.8, 4) is 0 Å². The fraction of sp³-hybridized carbons (Fsp3) is 0.535. The van der Waals surface area contributed by atoms with Gasteiger partial charge in [0.2, 0.25) is 0 Å². The molecule has 428 valence electrons. The van der Waals surface area contributed by atoms with Crippen molar-refractivity contribution in [3.05, 3.63) is 182 Å². The molecule has 0 fully saturated rings. The number of hydrogen-bond acceptors (Lipinski definition) is 6. The topological polar surface area (TPSA) is 78.9 Å². The molecule has 0 aromatic carbocycles. The molecule has 1 atom stereocenters. The highest BCUT2D eigenvalue weighted by Crippen LogP contribution is 2.13. The molecule has 0 rings (SSSR count). The number of unbranched alkanes of at least 4 members (excludes halogenated alkanes) is 11. The van der Waals surface area contributed by atoms with E-state index in [-0.39, 0.29) is 38.0 Å². The lowest BCUT2D eigenvalue weighted by Gasteiger charge is -2.18. The van der Waals surface area contributed by atoms with Gasteiger partial charge in [-0.2, -0.15) is 0 Å². The van der Waals surface area contributed by atoms with Crippen LogP contribution in [0.2, 0.25) is 0 Å². The van der Waals surface area contributed by atoms with Gasteiger partial charge in [-0.1, -0.05) is 248 Å². The van der Waals surface area contributed by atoms with Gasteiger partial charge >= 0.3 is 17.9 Å². The van der Waals surface area contributed by atoms with E-state index in [9.17, 15) is 14.4 Å². The van der Waals surface area contributed by atoms with Gasteiger partial charge in [-0.15, -0.1) is 0 Å². The molecule has 0 spiro atoms. The first-order chi connectivity index (χ1) is 38.0. The molecule has 0 radical (unpaired) electrons. The molecule has 0 aliphatic rings. The van der Waals surface area contributed by atoms with E-state index in [1.165, 1.54) is 38.5 Å². The van der Waals surface area contributed by atoms with Crippen molar-refractivity contribution in [3.63, 3.8) is 0 Å². The largest absolute Gasteiger partial charge is 0.462 e. The van der Waals surface area contributed by atoms with Gasteiger partial charge < -0.3 is 14.2 Å². The van der Waals surface area contributed by atoms with E-state index in [0.29, 0.717) is 19.3 Å². The lowest BCUT2D eigenvalue weighted by Crippen LogP contribution is -2.30. The van der Waals surface area contributed by atoms with Crippen LogP contribution < -0.4 is 0 Å². The summed E-state index contributed by atoms with van der Waals surface area (Å²) in [5.74, 6) is -1.07. The summed E-state index contributed by atoms with van der Waals surface area (Å²) in [6.45, 7) is 6.18. The van der Waals surface area contributed by atoms with Crippen LogP contribution in [-0.4, -0.2) is 37.2 Å². The van der Waals surface area contributed by atoms with Crippen molar-refractivity contribution < 1.29 is 28.6 Å². The molecule has 0 saturated carbocycles. The molecule has 0 bridgehead atoms. The molecule has 0 amide bonds.